The molecule has 5 nitrogen and oxygen atoms in total. The lowest BCUT2D eigenvalue weighted by Gasteiger charge is -2.22. The molecule has 5 heteroatoms. The molecular weight excluding hydrogens is 290 g/mol. The summed E-state index contributed by atoms with van der Waals surface area (Å²) in [6.45, 7) is 3.91. The first-order chi connectivity index (χ1) is 11.1. The fraction of sp³-hybridized carbons (Fsp3) is 0.500. The number of amides is 1. The first-order valence-corrected chi connectivity index (χ1v) is 8.34. The lowest BCUT2D eigenvalue weighted by atomic mass is 9.88. The lowest BCUT2D eigenvalue weighted by Crippen LogP contribution is -2.33. The van der Waals surface area contributed by atoms with Crippen LogP contribution in [0.2, 0.25) is 0 Å². The summed E-state index contributed by atoms with van der Waals surface area (Å²) in [6, 6.07) is 7.69. The van der Waals surface area contributed by atoms with Gasteiger partial charge in [0, 0.05) is 11.5 Å². The number of hydrogen-bond donors (Lipinski definition) is 1. The molecule has 0 radical (unpaired) electrons. The summed E-state index contributed by atoms with van der Waals surface area (Å²) >= 11 is 0. The number of nitrogens with one attached hydrogen (secondary N) is 1. The van der Waals surface area contributed by atoms with Crippen LogP contribution < -0.4 is 5.32 Å². The largest absolute Gasteiger partial charge is 0.344 e. The van der Waals surface area contributed by atoms with Gasteiger partial charge in [0.05, 0.1) is 0 Å². The highest BCUT2D eigenvalue weighted by Gasteiger charge is 2.24. The second-order valence-electron chi connectivity index (χ2n) is 6.39. The summed E-state index contributed by atoms with van der Waals surface area (Å²) in [7, 11) is 0. The summed E-state index contributed by atoms with van der Waals surface area (Å²) < 4.78 is 5.33. The van der Waals surface area contributed by atoms with Gasteiger partial charge in [-0.25, -0.2) is 0 Å². The van der Waals surface area contributed by atoms with E-state index in [9.17, 15) is 4.79 Å². The van der Waals surface area contributed by atoms with Gasteiger partial charge in [-0.1, -0.05) is 48.2 Å². The molecule has 2 aromatic rings. The van der Waals surface area contributed by atoms with E-state index in [0.29, 0.717) is 11.7 Å². The van der Waals surface area contributed by atoms with Crippen molar-refractivity contribution < 1.29 is 9.32 Å². The predicted molar refractivity (Wildman–Crippen MR) is 87.6 cm³/mol. The highest BCUT2D eigenvalue weighted by Crippen LogP contribution is 2.25. The zero-order valence-electron chi connectivity index (χ0n) is 13.7. The van der Waals surface area contributed by atoms with Crippen molar-refractivity contribution in [2.24, 2.45) is 5.92 Å². The Morgan fingerprint density at radius 1 is 1.30 bits per heavy atom. The molecule has 1 fully saturated rings. The molecule has 23 heavy (non-hydrogen) atoms. The number of rotatable bonds is 4. The summed E-state index contributed by atoms with van der Waals surface area (Å²) in [5.74, 6) is 1.24. The number of carbonyl (C=O) groups is 1. The Bertz CT molecular complexity index is 674. The Kier molecular flexibility index (Phi) is 4.74. The topological polar surface area (TPSA) is 68.0 Å². The summed E-state index contributed by atoms with van der Waals surface area (Å²) in [5.41, 5.74) is 2.07. The van der Waals surface area contributed by atoms with E-state index in [2.05, 4.69) is 15.5 Å². The smallest absolute Gasteiger partial charge is 0.249 e. The molecule has 0 bridgehead atoms. The highest BCUT2D eigenvalue weighted by atomic mass is 16.5. The van der Waals surface area contributed by atoms with Crippen LogP contribution in [0.4, 0.5) is 0 Å². The molecule has 0 unspecified atom stereocenters. The zero-order chi connectivity index (χ0) is 16.2. The van der Waals surface area contributed by atoms with E-state index < -0.39 is 0 Å². The minimum absolute atomic E-state index is 0.104. The molecule has 1 N–H and O–H groups in total. The molecule has 1 amide bonds. The third kappa shape index (κ3) is 3.78. The van der Waals surface area contributed by atoms with E-state index in [0.717, 1.165) is 36.8 Å². The molecule has 3 rings (SSSR count). The Morgan fingerprint density at radius 3 is 2.83 bits per heavy atom. The van der Waals surface area contributed by atoms with Crippen molar-refractivity contribution in [3.8, 4) is 11.4 Å². The van der Waals surface area contributed by atoms with Gasteiger partial charge in [0.15, 0.2) is 0 Å². The molecule has 0 saturated heterocycles. The van der Waals surface area contributed by atoms with Gasteiger partial charge in [0.25, 0.3) is 0 Å². The van der Waals surface area contributed by atoms with Crippen LogP contribution in [0.1, 0.15) is 56.5 Å². The van der Waals surface area contributed by atoms with Crippen molar-refractivity contribution in [1.29, 1.82) is 0 Å². The fourth-order valence-corrected chi connectivity index (χ4v) is 3.07. The molecule has 1 aromatic heterocycles. The summed E-state index contributed by atoms with van der Waals surface area (Å²) in [5, 5.41) is 7.04. The average Bonchev–Trinajstić information content (AvgIpc) is 3.06. The van der Waals surface area contributed by atoms with Crippen LogP contribution in [0.5, 0.6) is 0 Å². The molecule has 1 saturated carbocycles. The van der Waals surface area contributed by atoms with Crippen molar-refractivity contribution in [1.82, 2.24) is 15.5 Å². The first-order valence-electron chi connectivity index (χ1n) is 8.34. The van der Waals surface area contributed by atoms with Crippen LogP contribution in [0.15, 0.2) is 28.8 Å². The van der Waals surface area contributed by atoms with E-state index in [1.54, 1.807) is 0 Å². The minimum Gasteiger partial charge on any atom is -0.344 e. The standard InChI is InChI=1S/C18H23N3O2/c1-12-7-6-10-15(11-12)16-20-18(23-21-16)13(2)19-17(22)14-8-4-3-5-9-14/h6-7,10-11,13-14H,3-5,8-9H2,1-2H3,(H,19,22)/t13-/m1/s1. The maximum Gasteiger partial charge on any atom is 0.249 e. The molecule has 0 spiro atoms. The fourth-order valence-electron chi connectivity index (χ4n) is 3.07. The molecule has 1 heterocycles. The Morgan fingerprint density at radius 2 is 2.09 bits per heavy atom. The van der Waals surface area contributed by atoms with E-state index >= 15 is 0 Å². The van der Waals surface area contributed by atoms with E-state index in [1.807, 2.05) is 38.1 Å². The van der Waals surface area contributed by atoms with Gasteiger partial charge >= 0.3 is 0 Å². The van der Waals surface area contributed by atoms with Crippen LogP contribution in [-0.2, 0) is 4.79 Å². The summed E-state index contributed by atoms with van der Waals surface area (Å²) in [4.78, 5) is 16.7. The quantitative estimate of drug-likeness (QED) is 0.932. The van der Waals surface area contributed by atoms with Crippen molar-refractivity contribution in [3.63, 3.8) is 0 Å². The van der Waals surface area contributed by atoms with Gasteiger partial charge in [-0.3, -0.25) is 4.79 Å². The second kappa shape index (κ2) is 6.94. The number of aromatic nitrogens is 2. The molecule has 1 aliphatic carbocycles. The Hall–Kier alpha value is -2.17. The van der Waals surface area contributed by atoms with Crippen molar-refractivity contribution in [2.45, 2.75) is 52.0 Å². The second-order valence-corrected chi connectivity index (χ2v) is 6.39. The van der Waals surface area contributed by atoms with Crippen LogP contribution >= 0.6 is 0 Å². The SMILES string of the molecule is Cc1cccc(-c2noc([C@@H](C)NC(=O)C3CCCCC3)n2)c1. The van der Waals surface area contributed by atoms with Gasteiger partial charge < -0.3 is 9.84 Å². The average molecular weight is 313 g/mol. The van der Waals surface area contributed by atoms with Crippen molar-refractivity contribution in [2.75, 3.05) is 0 Å². The first kappa shape index (κ1) is 15.7. The third-order valence-electron chi connectivity index (χ3n) is 4.42. The molecule has 0 aliphatic heterocycles. The highest BCUT2D eigenvalue weighted by molar-refractivity contribution is 5.79. The molecular formula is C18H23N3O2. The molecule has 122 valence electrons. The van der Waals surface area contributed by atoms with Crippen LogP contribution in [0.25, 0.3) is 11.4 Å². The number of benzene rings is 1. The van der Waals surface area contributed by atoms with Crippen LogP contribution in [-0.4, -0.2) is 16.0 Å². The van der Waals surface area contributed by atoms with Crippen molar-refractivity contribution >= 4 is 5.91 Å². The van der Waals surface area contributed by atoms with E-state index in [4.69, 9.17) is 4.52 Å². The zero-order valence-corrected chi connectivity index (χ0v) is 13.7. The molecule has 1 aromatic carbocycles. The van der Waals surface area contributed by atoms with Gasteiger partial charge in [-0.15, -0.1) is 0 Å². The van der Waals surface area contributed by atoms with Gasteiger partial charge in [0.2, 0.25) is 17.6 Å². The minimum atomic E-state index is -0.268. The summed E-state index contributed by atoms with van der Waals surface area (Å²) in [6.07, 6.45) is 5.49. The maximum atomic E-state index is 12.3. The predicted octanol–water partition coefficient (Wildman–Crippen LogP) is 3.80. The lowest BCUT2D eigenvalue weighted by molar-refractivity contribution is -0.126. The number of hydrogen-bond acceptors (Lipinski definition) is 4. The Balaban J connectivity index is 1.66. The number of nitrogens with zero attached hydrogens (tertiary/aromatic N) is 2. The molecule has 1 atom stereocenters. The molecule has 1 aliphatic rings. The number of carbonyl (C=O) groups excluding carboxylic acids is 1. The van der Waals surface area contributed by atoms with Crippen LogP contribution in [0.3, 0.4) is 0 Å². The number of aryl methyl sites for hydroxylation is 1. The van der Waals surface area contributed by atoms with Gasteiger partial charge in [0.1, 0.15) is 6.04 Å². The normalized spacial score (nSPS) is 17.0. The van der Waals surface area contributed by atoms with E-state index in [-0.39, 0.29) is 17.9 Å². The Labute approximate surface area is 136 Å². The maximum absolute atomic E-state index is 12.3. The van der Waals surface area contributed by atoms with E-state index in [1.165, 1.54) is 6.42 Å². The van der Waals surface area contributed by atoms with Gasteiger partial charge in [-0.05, 0) is 32.8 Å². The monoisotopic (exact) mass is 313 g/mol. The third-order valence-corrected chi connectivity index (χ3v) is 4.42. The van der Waals surface area contributed by atoms with Crippen molar-refractivity contribution in [3.05, 3.63) is 35.7 Å². The van der Waals surface area contributed by atoms with Crippen LogP contribution in [0, 0.1) is 12.8 Å². The van der Waals surface area contributed by atoms with Gasteiger partial charge in [-0.2, -0.15) is 4.98 Å².